The van der Waals surface area contributed by atoms with Gasteiger partial charge in [0.1, 0.15) is 5.82 Å². The molecular weight excluding hydrogens is 494 g/mol. The van der Waals surface area contributed by atoms with Crippen molar-refractivity contribution in [3.05, 3.63) is 71.0 Å². The van der Waals surface area contributed by atoms with Crippen LogP contribution in [0.1, 0.15) is 42.3 Å². The first-order valence-corrected chi connectivity index (χ1v) is 10.2. The van der Waals surface area contributed by atoms with E-state index in [0.29, 0.717) is 44.1 Å². The molecule has 2 aromatic rings. The molecule has 0 fully saturated rings. The van der Waals surface area contributed by atoms with Crippen molar-refractivity contribution < 1.29 is 9.18 Å². The van der Waals surface area contributed by atoms with Gasteiger partial charge in [0.15, 0.2) is 5.96 Å². The Morgan fingerprint density at radius 2 is 1.70 bits per heavy atom. The molecule has 5 nitrogen and oxygen atoms in total. The van der Waals surface area contributed by atoms with Crippen LogP contribution in [0.4, 0.5) is 4.39 Å². The Morgan fingerprint density at radius 3 is 2.30 bits per heavy atom. The summed E-state index contributed by atoms with van der Waals surface area (Å²) in [5.74, 6) is 0.551. The summed E-state index contributed by atoms with van der Waals surface area (Å²) in [5, 5.41) is 6.49. The SMILES string of the molecule is CCNC(=NCc1ccc(C(=O)N(CC)CC)cc1)NCCc1cccc(F)c1.I. The Hall–Kier alpha value is -2.16. The van der Waals surface area contributed by atoms with Crippen molar-refractivity contribution in [1.29, 1.82) is 0 Å². The highest BCUT2D eigenvalue weighted by Crippen LogP contribution is 2.09. The molecule has 2 aromatic carbocycles. The fraction of sp³-hybridized carbons (Fsp3) is 0.391. The number of aliphatic imine (C=N–C) groups is 1. The minimum absolute atomic E-state index is 0. The third-order valence-electron chi connectivity index (χ3n) is 4.61. The molecule has 164 valence electrons. The van der Waals surface area contributed by atoms with Gasteiger partial charge in [0.25, 0.3) is 5.91 Å². The maximum absolute atomic E-state index is 13.3. The van der Waals surface area contributed by atoms with Gasteiger partial charge in [-0.05, 0) is 62.6 Å². The zero-order valence-electron chi connectivity index (χ0n) is 18.0. The molecule has 0 spiro atoms. The smallest absolute Gasteiger partial charge is 0.253 e. The number of nitrogens with one attached hydrogen (secondary N) is 2. The molecule has 0 aliphatic heterocycles. The number of amides is 1. The second kappa shape index (κ2) is 14.0. The lowest BCUT2D eigenvalue weighted by Crippen LogP contribution is -2.38. The van der Waals surface area contributed by atoms with E-state index >= 15 is 0 Å². The number of benzene rings is 2. The van der Waals surface area contributed by atoms with Crippen molar-refractivity contribution in [3.8, 4) is 0 Å². The summed E-state index contributed by atoms with van der Waals surface area (Å²) in [5.41, 5.74) is 2.67. The van der Waals surface area contributed by atoms with Crippen LogP contribution in [0, 0.1) is 5.82 Å². The number of carbonyl (C=O) groups excluding carboxylic acids is 1. The standard InChI is InChI=1S/C23H31FN4O.HI/c1-4-25-23(26-15-14-18-8-7-9-21(24)16-18)27-17-19-10-12-20(13-11-19)22(29)28(5-2)6-3;/h7-13,16H,4-6,14-15,17H2,1-3H3,(H2,25,26,27);1H. The van der Waals surface area contributed by atoms with Gasteiger partial charge in [0, 0.05) is 31.7 Å². The van der Waals surface area contributed by atoms with Gasteiger partial charge in [-0.25, -0.2) is 9.38 Å². The van der Waals surface area contributed by atoms with Gasteiger partial charge in [-0.1, -0.05) is 24.3 Å². The molecule has 30 heavy (non-hydrogen) atoms. The molecular formula is C23H32FIN4O. The van der Waals surface area contributed by atoms with Gasteiger partial charge in [0.2, 0.25) is 0 Å². The fourth-order valence-corrected chi connectivity index (χ4v) is 2.98. The summed E-state index contributed by atoms with van der Waals surface area (Å²) in [7, 11) is 0. The molecule has 0 unspecified atom stereocenters. The van der Waals surface area contributed by atoms with Gasteiger partial charge in [-0.2, -0.15) is 0 Å². The molecule has 0 saturated heterocycles. The van der Waals surface area contributed by atoms with Crippen LogP contribution in [-0.4, -0.2) is 42.9 Å². The van der Waals surface area contributed by atoms with Crippen LogP contribution in [0.3, 0.4) is 0 Å². The first-order chi connectivity index (χ1) is 14.1. The lowest BCUT2D eigenvalue weighted by molar-refractivity contribution is 0.0773. The van der Waals surface area contributed by atoms with Crippen LogP contribution in [0.2, 0.25) is 0 Å². The summed E-state index contributed by atoms with van der Waals surface area (Å²) >= 11 is 0. The normalized spacial score (nSPS) is 10.9. The van der Waals surface area contributed by atoms with Crippen molar-refractivity contribution in [2.75, 3.05) is 26.2 Å². The number of hydrogen-bond acceptors (Lipinski definition) is 2. The largest absolute Gasteiger partial charge is 0.357 e. The minimum atomic E-state index is -0.217. The van der Waals surface area contributed by atoms with Crippen LogP contribution in [0.25, 0.3) is 0 Å². The van der Waals surface area contributed by atoms with E-state index in [1.54, 1.807) is 17.0 Å². The highest BCUT2D eigenvalue weighted by Gasteiger charge is 2.11. The Balaban J connectivity index is 0.00000450. The number of hydrogen-bond donors (Lipinski definition) is 2. The predicted octanol–water partition coefficient (Wildman–Crippen LogP) is 4.22. The van der Waals surface area contributed by atoms with E-state index in [4.69, 9.17) is 0 Å². The molecule has 1 amide bonds. The van der Waals surface area contributed by atoms with Gasteiger partial charge < -0.3 is 15.5 Å². The summed E-state index contributed by atoms with van der Waals surface area (Å²) in [6.45, 7) is 9.30. The molecule has 0 saturated carbocycles. The summed E-state index contributed by atoms with van der Waals surface area (Å²) in [6, 6.07) is 14.2. The van der Waals surface area contributed by atoms with Crippen LogP contribution in [0.5, 0.6) is 0 Å². The third-order valence-corrected chi connectivity index (χ3v) is 4.61. The number of rotatable bonds is 9. The van der Waals surface area contributed by atoms with Crippen LogP contribution in [0.15, 0.2) is 53.5 Å². The Morgan fingerprint density at radius 1 is 1.00 bits per heavy atom. The first-order valence-electron chi connectivity index (χ1n) is 10.2. The second-order valence-electron chi connectivity index (χ2n) is 6.68. The fourth-order valence-electron chi connectivity index (χ4n) is 2.98. The van der Waals surface area contributed by atoms with Crippen molar-refractivity contribution in [2.45, 2.75) is 33.7 Å². The molecule has 2 N–H and O–H groups in total. The molecule has 0 aliphatic rings. The number of guanidine groups is 1. The average Bonchev–Trinajstić information content (AvgIpc) is 2.73. The number of nitrogens with zero attached hydrogens (tertiary/aromatic N) is 2. The average molecular weight is 526 g/mol. The maximum Gasteiger partial charge on any atom is 0.253 e. The molecule has 0 heterocycles. The molecule has 0 radical (unpaired) electrons. The molecule has 7 heteroatoms. The monoisotopic (exact) mass is 526 g/mol. The van der Waals surface area contributed by atoms with Gasteiger partial charge in [-0.3, -0.25) is 4.79 Å². The van der Waals surface area contributed by atoms with Crippen molar-refractivity contribution in [2.24, 2.45) is 4.99 Å². The van der Waals surface area contributed by atoms with E-state index in [9.17, 15) is 9.18 Å². The highest BCUT2D eigenvalue weighted by molar-refractivity contribution is 14.0. The Bertz CT molecular complexity index is 807. The lowest BCUT2D eigenvalue weighted by Gasteiger charge is -2.18. The van der Waals surface area contributed by atoms with Crippen molar-refractivity contribution in [3.63, 3.8) is 0 Å². The molecule has 0 aliphatic carbocycles. The molecule has 2 rings (SSSR count). The van der Waals surface area contributed by atoms with E-state index in [2.05, 4.69) is 15.6 Å². The Kier molecular flexibility index (Phi) is 12.0. The Labute approximate surface area is 196 Å². The quantitative estimate of drug-likeness (QED) is 0.292. The minimum Gasteiger partial charge on any atom is -0.357 e. The molecule has 0 atom stereocenters. The van der Waals surface area contributed by atoms with Crippen LogP contribution < -0.4 is 10.6 Å². The van der Waals surface area contributed by atoms with E-state index in [0.717, 1.165) is 17.7 Å². The lowest BCUT2D eigenvalue weighted by atomic mass is 10.1. The second-order valence-corrected chi connectivity index (χ2v) is 6.68. The van der Waals surface area contributed by atoms with E-state index in [1.807, 2.05) is 51.1 Å². The van der Waals surface area contributed by atoms with Gasteiger partial charge in [0.05, 0.1) is 6.54 Å². The van der Waals surface area contributed by atoms with Gasteiger partial charge >= 0.3 is 0 Å². The zero-order valence-corrected chi connectivity index (χ0v) is 20.3. The van der Waals surface area contributed by atoms with Gasteiger partial charge in [-0.15, -0.1) is 24.0 Å². The molecule has 0 bridgehead atoms. The zero-order chi connectivity index (χ0) is 21.1. The topological polar surface area (TPSA) is 56.7 Å². The first kappa shape index (κ1) is 25.9. The third kappa shape index (κ3) is 8.30. The van der Waals surface area contributed by atoms with Crippen LogP contribution >= 0.6 is 24.0 Å². The number of halogens is 2. The maximum atomic E-state index is 13.3. The molecule has 0 aromatic heterocycles. The summed E-state index contributed by atoms with van der Waals surface area (Å²) in [4.78, 5) is 18.8. The predicted molar refractivity (Wildman–Crippen MR) is 132 cm³/mol. The van der Waals surface area contributed by atoms with E-state index in [1.165, 1.54) is 6.07 Å². The number of carbonyl (C=O) groups is 1. The van der Waals surface area contributed by atoms with Crippen molar-refractivity contribution >= 4 is 35.8 Å². The van der Waals surface area contributed by atoms with E-state index in [-0.39, 0.29) is 35.7 Å². The van der Waals surface area contributed by atoms with Crippen LogP contribution in [-0.2, 0) is 13.0 Å². The summed E-state index contributed by atoms with van der Waals surface area (Å²) < 4.78 is 13.3. The van der Waals surface area contributed by atoms with Crippen molar-refractivity contribution in [1.82, 2.24) is 15.5 Å². The summed E-state index contributed by atoms with van der Waals surface area (Å²) in [6.07, 6.45) is 0.713. The van der Waals surface area contributed by atoms with E-state index < -0.39 is 0 Å². The highest BCUT2D eigenvalue weighted by atomic mass is 127.